The van der Waals surface area contributed by atoms with Crippen molar-refractivity contribution in [1.82, 2.24) is 5.32 Å². The molecular weight excluding hydrogens is 252 g/mol. The summed E-state index contributed by atoms with van der Waals surface area (Å²) < 4.78 is 4.92. The van der Waals surface area contributed by atoms with Crippen LogP contribution in [0.25, 0.3) is 0 Å². The van der Waals surface area contributed by atoms with E-state index in [4.69, 9.17) is 10.5 Å². The maximum atomic E-state index is 11.6. The van der Waals surface area contributed by atoms with Crippen molar-refractivity contribution < 1.29 is 14.3 Å². The third kappa shape index (κ3) is 6.86. The van der Waals surface area contributed by atoms with Gasteiger partial charge in [0.15, 0.2) is 0 Å². The largest absolute Gasteiger partial charge is 0.465 e. The second-order valence-corrected chi connectivity index (χ2v) is 5.84. The predicted octanol–water partition coefficient (Wildman–Crippen LogP) is 0.915. The Balaban J connectivity index is 4.09. The van der Waals surface area contributed by atoms with Crippen LogP contribution in [0, 0.1) is 0 Å². The van der Waals surface area contributed by atoms with Gasteiger partial charge in [-0.3, -0.25) is 9.59 Å². The van der Waals surface area contributed by atoms with Crippen molar-refractivity contribution in [3.63, 3.8) is 0 Å². The van der Waals surface area contributed by atoms with Crippen molar-refractivity contribution in [2.75, 3.05) is 18.9 Å². The van der Waals surface area contributed by atoms with E-state index in [0.717, 1.165) is 0 Å². The molecule has 0 aromatic rings. The molecule has 0 saturated heterocycles. The van der Waals surface area contributed by atoms with Gasteiger partial charge < -0.3 is 15.8 Å². The zero-order valence-corrected chi connectivity index (χ0v) is 12.4. The summed E-state index contributed by atoms with van der Waals surface area (Å²) >= 11 is 1.49. The minimum absolute atomic E-state index is 0.00390. The highest BCUT2D eigenvalue weighted by Crippen LogP contribution is 2.21. The second kappa shape index (κ2) is 8.37. The van der Waals surface area contributed by atoms with Crippen LogP contribution in [0.3, 0.4) is 0 Å². The van der Waals surface area contributed by atoms with E-state index in [1.54, 1.807) is 13.8 Å². The fourth-order valence-electron chi connectivity index (χ4n) is 1.50. The number of carbonyl (C=O) groups is 2. The van der Waals surface area contributed by atoms with Gasteiger partial charge in [0.25, 0.3) is 0 Å². The number of amides is 1. The molecule has 0 fully saturated rings. The number of hydrogen-bond donors (Lipinski definition) is 2. The van der Waals surface area contributed by atoms with E-state index in [1.165, 1.54) is 11.8 Å². The van der Waals surface area contributed by atoms with Crippen LogP contribution in [0.2, 0.25) is 0 Å². The molecule has 6 heteroatoms. The molecule has 0 saturated carbocycles. The third-order valence-corrected chi connectivity index (χ3v) is 3.49. The molecule has 0 radical (unpaired) electrons. The summed E-state index contributed by atoms with van der Waals surface area (Å²) in [6, 6.07) is 0. The van der Waals surface area contributed by atoms with Gasteiger partial charge in [0.2, 0.25) is 5.91 Å². The highest BCUT2D eigenvalue weighted by atomic mass is 32.2. The Kier molecular flexibility index (Phi) is 8.02. The summed E-state index contributed by atoms with van der Waals surface area (Å²) in [6.45, 7) is 8.20. The van der Waals surface area contributed by atoms with Crippen molar-refractivity contribution in [3.8, 4) is 0 Å². The number of rotatable bonds is 8. The molecule has 0 heterocycles. The normalized spacial score (nSPS) is 15.6. The molecule has 0 aromatic heterocycles. The Bertz CT molecular complexity index is 282. The van der Waals surface area contributed by atoms with Gasteiger partial charge in [0.1, 0.15) is 5.54 Å². The summed E-state index contributed by atoms with van der Waals surface area (Å²) in [5, 5.41) is 2.84. The lowest BCUT2D eigenvalue weighted by Crippen LogP contribution is -2.48. The van der Waals surface area contributed by atoms with Crippen molar-refractivity contribution >= 4 is 23.6 Å². The number of ether oxygens (including phenoxy) is 1. The molecule has 106 valence electrons. The Morgan fingerprint density at radius 3 is 2.56 bits per heavy atom. The van der Waals surface area contributed by atoms with E-state index in [2.05, 4.69) is 5.32 Å². The van der Waals surface area contributed by atoms with E-state index < -0.39 is 11.5 Å². The van der Waals surface area contributed by atoms with E-state index in [0.29, 0.717) is 25.3 Å². The molecule has 0 spiro atoms. The van der Waals surface area contributed by atoms with E-state index in [1.807, 2.05) is 13.8 Å². The van der Waals surface area contributed by atoms with Crippen LogP contribution < -0.4 is 11.1 Å². The summed E-state index contributed by atoms with van der Waals surface area (Å²) in [5.41, 5.74) is 4.93. The van der Waals surface area contributed by atoms with Gasteiger partial charge in [-0.25, -0.2) is 0 Å². The smallest absolute Gasteiger partial charge is 0.325 e. The summed E-state index contributed by atoms with van der Waals surface area (Å²) in [5.74, 6) is -0.00635. The molecule has 0 aliphatic rings. The highest BCUT2D eigenvalue weighted by Gasteiger charge is 2.31. The van der Waals surface area contributed by atoms with Gasteiger partial charge >= 0.3 is 5.97 Å². The zero-order chi connectivity index (χ0) is 14.2. The molecule has 0 aliphatic heterocycles. The summed E-state index contributed by atoms with van der Waals surface area (Å²) in [4.78, 5) is 22.9. The van der Waals surface area contributed by atoms with Gasteiger partial charge in [-0.2, -0.15) is 0 Å². The number of thioether (sulfide) groups is 1. The Morgan fingerprint density at radius 2 is 2.06 bits per heavy atom. The van der Waals surface area contributed by atoms with E-state index >= 15 is 0 Å². The number of nitrogens with one attached hydrogen (secondary N) is 1. The van der Waals surface area contributed by atoms with Crippen LogP contribution in [0.1, 0.15) is 34.1 Å². The monoisotopic (exact) mass is 276 g/mol. The van der Waals surface area contributed by atoms with Crippen molar-refractivity contribution in [3.05, 3.63) is 0 Å². The van der Waals surface area contributed by atoms with Crippen LogP contribution in [0.15, 0.2) is 0 Å². The molecule has 0 rings (SSSR count). The number of hydrogen-bond acceptors (Lipinski definition) is 5. The first-order chi connectivity index (χ1) is 8.33. The van der Waals surface area contributed by atoms with Gasteiger partial charge in [-0.05, 0) is 27.2 Å². The standard InChI is InChI=1S/C12H24N2O3S/c1-5-14-10(15)8-18-9(3)7-12(4,13)11(16)17-6-2/h9H,5-8,13H2,1-4H3,(H,14,15). The topological polar surface area (TPSA) is 81.4 Å². The van der Waals surface area contributed by atoms with Gasteiger partial charge in [-0.1, -0.05) is 6.92 Å². The van der Waals surface area contributed by atoms with Crippen molar-refractivity contribution in [2.45, 2.75) is 44.9 Å². The minimum atomic E-state index is -0.996. The van der Waals surface area contributed by atoms with Gasteiger partial charge in [0.05, 0.1) is 12.4 Å². The van der Waals surface area contributed by atoms with E-state index in [-0.39, 0.29) is 11.2 Å². The molecule has 5 nitrogen and oxygen atoms in total. The maximum absolute atomic E-state index is 11.6. The highest BCUT2D eigenvalue weighted by molar-refractivity contribution is 8.00. The number of nitrogens with two attached hydrogens (primary N) is 1. The Hall–Kier alpha value is -0.750. The molecule has 3 N–H and O–H groups in total. The van der Waals surface area contributed by atoms with E-state index in [9.17, 15) is 9.59 Å². The van der Waals surface area contributed by atoms with Crippen LogP contribution >= 0.6 is 11.8 Å². The zero-order valence-electron chi connectivity index (χ0n) is 11.6. The van der Waals surface area contributed by atoms with Crippen LogP contribution in [-0.4, -0.2) is 41.6 Å². The fraction of sp³-hybridized carbons (Fsp3) is 0.833. The van der Waals surface area contributed by atoms with Crippen molar-refractivity contribution in [2.24, 2.45) is 5.73 Å². The van der Waals surface area contributed by atoms with Gasteiger partial charge in [0, 0.05) is 11.8 Å². The SMILES string of the molecule is CCNC(=O)CSC(C)CC(C)(N)C(=O)OCC. The molecule has 18 heavy (non-hydrogen) atoms. The third-order valence-electron chi connectivity index (χ3n) is 2.33. The van der Waals surface area contributed by atoms with Crippen LogP contribution in [0.4, 0.5) is 0 Å². The molecule has 0 bridgehead atoms. The van der Waals surface area contributed by atoms with Gasteiger partial charge in [-0.15, -0.1) is 11.8 Å². The summed E-state index contributed by atoms with van der Waals surface area (Å²) in [7, 11) is 0. The lowest BCUT2D eigenvalue weighted by molar-refractivity contribution is -0.149. The molecular formula is C12H24N2O3S. The lowest BCUT2D eigenvalue weighted by atomic mass is 9.98. The Morgan fingerprint density at radius 1 is 1.44 bits per heavy atom. The molecule has 0 aromatic carbocycles. The maximum Gasteiger partial charge on any atom is 0.325 e. The van der Waals surface area contributed by atoms with Crippen LogP contribution in [0.5, 0.6) is 0 Å². The molecule has 2 unspecified atom stereocenters. The molecule has 0 aliphatic carbocycles. The first kappa shape index (κ1) is 17.2. The number of esters is 1. The van der Waals surface area contributed by atoms with Crippen LogP contribution in [-0.2, 0) is 14.3 Å². The molecule has 2 atom stereocenters. The predicted molar refractivity (Wildman–Crippen MR) is 74.4 cm³/mol. The fourth-order valence-corrected chi connectivity index (χ4v) is 2.50. The molecule has 1 amide bonds. The van der Waals surface area contributed by atoms with Crippen molar-refractivity contribution in [1.29, 1.82) is 0 Å². The second-order valence-electron chi connectivity index (χ2n) is 4.42. The minimum Gasteiger partial charge on any atom is -0.465 e. The first-order valence-electron chi connectivity index (χ1n) is 6.17. The summed E-state index contributed by atoms with van der Waals surface area (Å²) in [6.07, 6.45) is 0.482. The average molecular weight is 276 g/mol. The number of carbonyl (C=O) groups excluding carboxylic acids is 2. The average Bonchev–Trinajstić information content (AvgIpc) is 2.26. The Labute approximate surface area is 113 Å². The quantitative estimate of drug-likeness (QED) is 0.644. The first-order valence-corrected chi connectivity index (χ1v) is 7.22. The lowest BCUT2D eigenvalue weighted by Gasteiger charge is -2.25.